The van der Waals surface area contributed by atoms with E-state index in [9.17, 15) is 0 Å². The average molecular weight is 555 g/mol. The van der Waals surface area contributed by atoms with Crippen LogP contribution in [0.1, 0.15) is 0 Å². The van der Waals surface area contributed by atoms with Gasteiger partial charge in [0.1, 0.15) is 0 Å². The molecule has 0 aliphatic rings. The van der Waals surface area contributed by atoms with E-state index in [0.29, 0.717) is 0 Å². The van der Waals surface area contributed by atoms with Crippen molar-refractivity contribution in [2.75, 3.05) is 0 Å². The molecule has 0 saturated heterocycles. The van der Waals surface area contributed by atoms with Crippen LogP contribution in [0.3, 0.4) is 0 Å². The van der Waals surface area contributed by atoms with Gasteiger partial charge in [-0.2, -0.15) is 0 Å². The number of rotatable bonds is 0. The van der Waals surface area contributed by atoms with Crippen LogP contribution in [0.2, 0.25) is 0 Å². The summed E-state index contributed by atoms with van der Waals surface area (Å²) in [5.41, 5.74) is 0. The zero-order valence-corrected chi connectivity index (χ0v) is 15.9. The molecule has 0 unspecified atom stereocenters. The molecular weight excluding hydrogens is 555 g/mol. The Hall–Kier alpha value is 3.47. The van der Waals surface area contributed by atoms with Crippen LogP contribution in [-0.4, -0.2) is 76.0 Å². The first-order valence-corrected chi connectivity index (χ1v) is 0. The zero-order chi connectivity index (χ0) is 0. The second-order valence-electron chi connectivity index (χ2n) is 0. The predicted molar refractivity (Wildman–Crippen MR) is 17.3 cm³/mol. The van der Waals surface area contributed by atoms with E-state index >= 15 is 0 Å². The normalized spacial score (nSPS) is 0. The topological polar surface area (TPSA) is 0 Å². The van der Waals surface area contributed by atoms with E-state index in [1.165, 1.54) is 0 Å². The Balaban J connectivity index is 0. The van der Waals surface area contributed by atoms with Crippen LogP contribution in [0.15, 0.2) is 0 Å². The van der Waals surface area contributed by atoms with Gasteiger partial charge in [-0.15, -0.1) is 0 Å². The van der Waals surface area contributed by atoms with Crippen molar-refractivity contribution in [3.05, 3.63) is 0 Å². The van der Waals surface area contributed by atoms with Gasteiger partial charge >= 0.3 is 0 Å². The Labute approximate surface area is 101 Å². The summed E-state index contributed by atoms with van der Waals surface area (Å²) in [5, 5.41) is 0. The second kappa shape index (κ2) is 16.1. The molecule has 0 aromatic rings. The first kappa shape index (κ1) is 26.0. The van der Waals surface area contributed by atoms with Gasteiger partial charge in [-0.05, 0) is 0 Å². The van der Waals surface area contributed by atoms with Gasteiger partial charge in [0, 0.05) is 103 Å². The summed E-state index contributed by atoms with van der Waals surface area (Å²) >= 11 is 0. The average Bonchev–Trinajstić information content (AvgIpc) is 0. The molecule has 0 amide bonds. The standard InChI is InChI=1S/Bi.Cd.In.Sn. The van der Waals surface area contributed by atoms with Gasteiger partial charge in [0.05, 0.1) is 0 Å². The van der Waals surface area contributed by atoms with Crippen molar-refractivity contribution >= 4 is 76.0 Å². The molecule has 0 N–H and O–H groups in total. The van der Waals surface area contributed by atoms with Crippen molar-refractivity contribution in [2.24, 2.45) is 0 Å². The monoisotopic (exact) mass is 558 g/mol. The van der Waals surface area contributed by atoms with Crippen molar-refractivity contribution in [3.8, 4) is 0 Å². The summed E-state index contributed by atoms with van der Waals surface area (Å²) in [6, 6.07) is 0. The van der Waals surface area contributed by atoms with E-state index in [2.05, 4.69) is 0 Å². The van der Waals surface area contributed by atoms with Crippen molar-refractivity contribution in [1.82, 2.24) is 0 Å². The fraction of sp³-hybridized carbons (Fsp3) is 0. The van der Waals surface area contributed by atoms with Crippen molar-refractivity contribution in [2.45, 2.75) is 0 Å². The second-order valence-corrected chi connectivity index (χ2v) is 0. The molecule has 0 atom stereocenters. The minimum atomic E-state index is 0. The predicted octanol–water partition coefficient (Wildman–Crippen LogP) is -1.14. The molecule has 0 aliphatic carbocycles. The van der Waals surface area contributed by atoms with E-state index in [1.807, 2.05) is 0 Å². The van der Waals surface area contributed by atoms with E-state index < -0.39 is 0 Å². The maximum atomic E-state index is 0. The van der Waals surface area contributed by atoms with Gasteiger partial charge in [0.25, 0.3) is 0 Å². The summed E-state index contributed by atoms with van der Waals surface area (Å²) in [6.45, 7) is 0. The molecule has 0 heterocycles. The van der Waals surface area contributed by atoms with Crippen LogP contribution in [-0.2, 0) is 27.3 Å². The molecule has 10 radical (unpaired) electrons. The third-order valence-corrected chi connectivity index (χ3v) is 0. The van der Waals surface area contributed by atoms with E-state index in [1.54, 1.807) is 0 Å². The molecular formula is BiCdInSn. The summed E-state index contributed by atoms with van der Waals surface area (Å²) in [5.74, 6) is 0. The van der Waals surface area contributed by atoms with Gasteiger partial charge in [-0.1, -0.05) is 0 Å². The first-order valence-electron chi connectivity index (χ1n) is 0. The van der Waals surface area contributed by atoms with E-state index in [0.717, 1.165) is 0 Å². The van der Waals surface area contributed by atoms with Crippen LogP contribution >= 0.6 is 0 Å². The van der Waals surface area contributed by atoms with Crippen molar-refractivity contribution in [3.63, 3.8) is 0 Å². The summed E-state index contributed by atoms with van der Waals surface area (Å²) in [7, 11) is 0. The number of hydrogen-bond acceptors (Lipinski definition) is 0. The van der Waals surface area contributed by atoms with E-state index in [-0.39, 0.29) is 103 Å². The molecule has 0 aliphatic heterocycles. The molecule has 0 aromatic carbocycles. The molecule has 0 aromatic heterocycles. The van der Waals surface area contributed by atoms with Crippen LogP contribution in [0.5, 0.6) is 0 Å². The first-order chi connectivity index (χ1) is 0. The Morgan fingerprint density at radius 2 is 1.00 bits per heavy atom. The quantitative estimate of drug-likeness (QED) is 0.332. The molecule has 0 saturated carbocycles. The molecule has 4 heteroatoms. The Kier molecular flexibility index (Phi) is 104. The summed E-state index contributed by atoms with van der Waals surface area (Å²) in [4.78, 5) is 0. The Bertz CT molecular complexity index is 8.00. The summed E-state index contributed by atoms with van der Waals surface area (Å²) < 4.78 is 0. The molecule has 0 fully saturated rings. The summed E-state index contributed by atoms with van der Waals surface area (Å²) in [6.07, 6.45) is 0. The maximum absolute atomic E-state index is 0. The fourth-order valence-electron chi connectivity index (χ4n) is 0. The SMILES string of the molecule is [Bi].[Cd].[In].[Sn]. The van der Waals surface area contributed by atoms with Gasteiger partial charge in [-0.25, -0.2) is 0 Å². The smallest absolute Gasteiger partial charge is 0 e. The molecule has 0 spiro atoms. The van der Waals surface area contributed by atoms with Crippen LogP contribution in [0.4, 0.5) is 0 Å². The van der Waals surface area contributed by atoms with Crippen LogP contribution in [0, 0.1) is 0 Å². The van der Waals surface area contributed by atoms with E-state index in [4.69, 9.17) is 0 Å². The molecule has 4 heavy (non-hydrogen) atoms. The van der Waals surface area contributed by atoms with Gasteiger partial charge < -0.3 is 0 Å². The molecule has 0 bridgehead atoms. The van der Waals surface area contributed by atoms with Crippen molar-refractivity contribution in [1.29, 1.82) is 0 Å². The minimum absolute atomic E-state index is 0. The van der Waals surface area contributed by atoms with Crippen LogP contribution in [0.25, 0.3) is 0 Å². The Morgan fingerprint density at radius 3 is 1.00 bits per heavy atom. The Morgan fingerprint density at radius 1 is 1.00 bits per heavy atom. The minimum Gasteiger partial charge on any atom is 0 e. The number of hydrogen-bond donors (Lipinski definition) is 0. The zero-order valence-electron chi connectivity index (χ0n) is 2.23. The van der Waals surface area contributed by atoms with Crippen molar-refractivity contribution < 1.29 is 27.3 Å². The third-order valence-electron chi connectivity index (χ3n) is 0. The third kappa shape index (κ3) is 9.08. The molecule has 0 nitrogen and oxygen atoms in total. The molecule has 0 rings (SSSR count). The van der Waals surface area contributed by atoms with Crippen LogP contribution < -0.4 is 0 Å². The van der Waals surface area contributed by atoms with Gasteiger partial charge in [0.15, 0.2) is 0 Å². The maximum Gasteiger partial charge on any atom is 0 e. The van der Waals surface area contributed by atoms with Gasteiger partial charge in [-0.3, -0.25) is 0 Å². The van der Waals surface area contributed by atoms with Gasteiger partial charge in [0.2, 0.25) is 0 Å². The fourth-order valence-corrected chi connectivity index (χ4v) is 0. The molecule has 14 valence electrons. The largest absolute Gasteiger partial charge is 0 e.